The Hall–Kier alpha value is -2.18. The highest BCUT2D eigenvalue weighted by molar-refractivity contribution is 6.09. The van der Waals surface area contributed by atoms with Gasteiger partial charge in [0.1, 0.15) is 5.82 Å². The van der Waals surface area contributed by atoms with Crippen LogP contribution in [0.15, 0.2) is 24.4 Å². The molecule has 0 aliphatic carbocycles. The van der Waals surface area contributed by atoms with Crippen LogP contribution in [-0.4, -0.2) is 15.6 Å². The molecular formula is C13H10F4N2O. The summed E-state index contributed by atoms with van der Waals surface area (Å²) in [5.74, 6) is -2.03. The lowest BCUT2D eigenvalue weighted by atomic mass is 10.0. The molecule has 0 radical (unpaired) electrons. The molecule has 0 amide bonds. The van der Waals surface area contributed by atoms with Gasteiger partial charge in [-0.15, -0.1) is 0 Å². The van der Waals surface area contributed by atoms with Gasteiger partial charge < -0.3 is 0 Å². The molecule has 2 rings (SSSR count). The lowest BCUT2D eigenvalue weighted by Gasteiger charge is -2.09. The van der Waals surface area contributed by atoms with E-state index in [4.69, 9.17) is 0 Å². The van der Waals surface area contributed by atoms with Crippen LogP contribution in [0.1, 0.15) is 27.2 Å². The number of ketones is 1. The maximum absolute atomic E-state index is 13.2. The van der Waals surface area contributed by atoms with E-state index >= 15 is 0 Å². The minimum absolute atomic E-state index is 0.187. The van der Waals surface area contributed by atoms with Gasteiger partial charge in [0.15, 0.2) is 5.78 Å². The van der Waals surface area contributed by atoms with E-state index in [0.29, 0.717) is 17.8 Å². The third-order valence-electron chi connectivity index (χ3n) is 3.01. The predicted molar refractivity (Wildman–Crippen MR) is 62.8 cm³/mol. The predicted octanol–water partition coefficient (Wildman–Crippen LogP) is 3.12. The Balaban J connectivity index is 2.49. The Bertz CT molecular complexity index is 673. The van der Waals surface area contributed by atoms with Crippen LogP contribution in [0.5, 0.6) is 0 Å². The number of halogens is 4. The second-order valence-corrected chi connectivity index (χ2v) is 4.29. The number of nitrogens with zero attached hydrogens (tertiary/aromatic N) is 2. The number of aromatic nitrogens is 2. The molecule has 0 saturated carbocycles. The molecule has 0 unspecified atom stereocenters. The van der Waals surface area contributed by atoms with Gasteiger partial charge in [0.05, 0.1) is 17.3 Å². The first kappa shape index (κ1) is 14.2. The first-order valence-electron chi connectivity index (χ1n) is 5.62. The Morgan fingerprint density at radius 2 is 1.95 bits per heavy atom. The fraction of sp³-hybridized carbons (Fsp3) is 0.231. The fourth-order valence-electron chi connectivity index (χ4n) is 1.76. The Morgan fingerprint density at radius 3 is 2.45 bits per heavy atom. The molecule has 1 aromatic carbocycles. The van der Waals surface area contributed by atoms with E-state index in [2.05, 4.69) is 5.10 Å². The number of carbonyl (C=O) groups is 1. The Kier molecular flexibility index (Phi) is 3.37. The average Bonchev–Trinajstić information content (AvgIpc) is 2.68. The fourth-order valence-corrected chi connectivity index (χ4v) is 1.76. The Labute approximate surface area is 111 Å². The summed E-state index contributed by atoms with van der Waals surface area (Å²) in [7, 11) is 1.61. The molecule has 0 bridgehead atoms. The minimum atomic E-state index is -4.84. The van der Waals surface area contributed by atoms with Gasteiger partial charge in [-0.25, -0.2) is 4.39 Å². The summed E-state index contributed by atoms with van der Waals surface area (Å²) in [6, 6.07) is 2.19. The monoisotopic (exact) mass is 286 g/mol. The molecule has 0 atom stereocenters. The molecule has 0 aliphatic rings. The van der Waals surface area contributed by atoms with Crippen molar-refractivity contribution < 1.29 is 22.4 Å². The lowest BCUT2D eigenvalue weighted by molar-refractivity contribution is -0.140. The van der Waals surface area contributed by atoms with Crippen LogP contribution in [-0.2, 0) is 13.2 Å². The van der Waals surface area contributed by atoms with E-state index in [1.54, 1.807) is 14.0 Å². The summed E-state index contributed by atoms with van der Waals surface area (Å²) in [5.41, 5.74) is -0.972. The van der Waals surface area contributed by atoms with Crippen molar-refractivity contribution >= 4 is 5.78 Å². The van der Waals surface area contributed by atoms with Crippen LogP contribution in [0.2, 0.25) is 0 Å². The summed E-state index contributed by atoms with van der Waals surface area (Å²) in [6.45, 7) is 1.62. The van der Waals surface area contributed by atoms with E-state index in [1.807, 2.05) is 0 Å². The van der Waals surface area contributed by atoms with Crippen LogP contribution in [0.4, 0.5) is 17.6 Å². The zero-order chi connectivity index (χ0) is 15.1. The van der Waals surface area contributed by atoms with Gasteiger partial charge in [-0.1, -0.05) is 0 Å². The second-order valence-electron chi connectivity index (χ2n) is 4.29. The van der Waals surface area contributed by atoms with Gasteiger partial charge in [0.2, 0.25) is 0 Å². The van der Waals surface area contributed by atoms with Crippen LogP contribution >= 0.6 is 0 Å². The molecule has 0 fully saturated rings. The van der Waals surface area contributed by atoms with E-state index in [9.17, 15) is 22.4 Å². The summed E-state index contributed by atoms with van der Waals surface area (Å²) in [6.07, 6.45) is -3.57. The van der Waals surface area contributed by atoms with E-state index in [0.717, 1.165) is 6.07 Å². The number of carbonyl (C=O) groups excluding carboxylic acids is 1. The zero-order valence-corrected chi connectivity index (χ0v) is 10.6. The molecule has 0 spiro atoms. The highest BCUT2D eigenvalue weighted by Crippen LogP contribution is 2.32. The van der Waals surface area contributed by atoms with E-state index < -0.39 is 23.3 Å². The van der Waals surface area contributed by atoms with Gasteiger partial charge in [-0.3, -0.25) is 9.48 Å². The summed E-state index contributed by atoms with van der Waals surface area (Å²) < 4.78 is 52.4. The van der Waals surface area contributed by atoms with Crippen molar-refractivity contribution in [2.75, 3.05) is 0 Å². The van der Waals surface area contributed by atoms with Crippen molar-refractivity contribution in [1.82, 2.24) is 9.78 Å². The molecule has 1 heterocycles. The van der Waals surface area contributed by atoms with Gasteiger partial charge in [-0.05, 0) is 25.1 Å². The minimum Gasteiger partial charge on any atom is -0.288 e. The van der Waals surface area contributed by atoms with Crippen LogP contribution in [0, 0.1) is 12.7 Å². The average molecular weight is 286 g/mol. The van der Waals surface area contributed by atoms with Gasteiger partial charge in [0.25, 0.3) is 0 Å². The third-order valence-corrected chi connectivity index (χ3v) is 3.01. The molecule has 7 heteroatoms. The highest BCUT2D eigenvalue weighted by atomic mass is 19.4. The van der Waals surface area contributed by atoms with Gasteiger partial charge in [-0.2, -0.15) is 18.3 Å². The van der Waals surface area contributed by atoms with Crippen LogP contribution in [0.3, 0.4) is 0 Å². The normalized spacial score (nSPS) is 11.7. The van der Waals surface area contributed by atoms with E-state index in [1.165, 1.54) is 10.9 Å². The van der Waals surface area contributed by atoms with Crippen LogP contribution < -0.4 is 0 Å². The number of alkyl halides is 3. The largest absolute Gasteiger partial charge is 0.419 e. The standard InChI is InChI=1S/C13H10F4N2O/c1-7-9(6-18-19(7)2)12(20)8-3-4-11(14)10(5-8)13(15,16)17/h3-6H,1-2H3. The first-order chi connectivity index (χ1) is 9.21. The third kappa shape index (κ3) is 2.43. The topological polar surface area (TPSA) is 34.9 Å². The maximum atomic E-state index is 13.2. The maximum Gasteiger partial charge on any atom is 0.419 e. The van der Waals surface area contributed by atoms with Crippen molar-refractivity contribution in [3.63, 3.8) is 0 Å². The number of aryl methyl sites for hydroxylation is 1. The number of hydrogen-bond acceptors (Lipinski definition) is 2. The number of benzene rings is 1. The second kappa shape index (κ2) is 4.73. The molecule has 20 heavy (non-hydrogen) atoms. The van der Waals surface area contributed by atoms with Crippen molar-refractivity contribution in [3.05, 3.63) is 52.6 Å². The van der Waals surface area contributed by atoms with E-state index in [-0.39, 0.29) is 11.1 Å². The molecule has 0 aliphatic heterocycles. The molecule has 3 nitrogen and oxygen atoms in total. The summed E-state index contributed by atoms with van der Waals surface area (Å²) >= 11 is 0. The van der Waals surface area contributed by atoms with Crippen molar-refractivity contribution in [1.29, 1.82) is 0 Å². The molecule has 0 N–H and O–H groups in total. The lowest BCUT2D eigenvalue weighted by Crippen LogP contribution is -2.11. The first-order valence-corrected chi connectivity index (χ1v) is 5.62. The van der Waals surface area contributed by atoms with Gasteiger partial charge in [0, 0.05) is 18.3 Å². The number of rotatable bonds is 2. The molecule has 2 aromatic rings. The Morgan fingerprint density at radius 1 is 1.30 bits per heavy atom. The van der Waals surface area contributed by atoms with Gasteiger partial charge >= 0.3 is 6.18 Å². The summed E-state index contributed by atoms with van der Waals surface area (Å²) in [4.78, 5) is 12.1. The molecule has 106 valence electrons. The van der Waals surface area contributed by atoms with Crippen molar-refractivity contribution in [2.45, 2.75) is 13.1 Å². The quantitative estimate of drug-likeness (QED) is 0.628. The molecule has 0 saturated heterocycles. The van der Waals surface area contributed by atoms with Crippen molar-refractivity contribution in [2.24, 2.45) is 7.05 Å². The van der Waals surface area contributed by atoms with Crippen molar-refractivity contribution in [3.8, 4) is 0 Å². The molecular weight excluding hydrogens is 276 g/mol. The summed E-state index contributed by atoms with van der Waals surface area (Å²) in [5, 5.41) is 3.85. The zero-order valence-electron chi connectivity index (χ0n) is 10.6. The smallest absolute Gasteiger partial charge is 0.288 e. The SMILES string of the molecule is Cc1c(C(=O)c2ccc(F)c(C(F)(F)F)c2)cnn1C. The highest BCUT2D eigenvalue weighted by Gasteiger charge is 2.34. The van der Waals surface area contributed by atoms with Crippen LogP contribution in [0.25, 0.3) is 0 Å². The molecule has 1 aromatic heterocycles. The number of hydrogen-bond donors (Lipinski definition) is 0.